The molecule has 0 aromatic carbocycles. The first-order valence-electron chi connectivity index (χ1n) is 6.73. The van der Waals surface area contributed by atoms with Gasteiger partial charge < -0.3 is 5.73 Å². The van der Waals surface area contributed by atoms with E-state index in [0.717, 1.165) is 18.2 Å². The van der Waals surface area contributed by atoms with E-state index in [2.05, 4.69) is 30.9 Å². The Labute approximate surface area is 104 Å². The summed E-state index contributed by atoms with van der Waals surface area (Å²) in [5.74, 6) is 2.46. The summed E-state index contributed by atoms with van der Waals surface area (Å²) in [5, 5.41) is 4.26. The van der Waals surface area contributed by atoms with Gasteiger partial charge in [-0.15, -0.1) is 0 Å². The monoisotopic (exact) mass is 236 g/mol. The molecule has 0 radical (unpaired) electrons. The van der Waals surface area contributed by atoms with E-state index in [1.54, 1.807) is 6.33 Å². The Kier molecular flexibility index (Phi) is 3.82. The standard InChI is InChI=1S/C13H24N4/c1-9(2)17-13(15-8-16-17)7-12(14)11-6-4-5-10(11)3/h8-12H,4-7,14H2,1-3H3. The van der Waals surface area contributed by atoms with E-state index in [1.165, 1.54) is 19.3 Å². The number of aromatic nitrogens is 3. The molecule has 0 saturated heterocycles. The van der Waals surface area contributed by atoms with Crippen molar-refractivity contribution < 1.29 is 0 Å². The van der Waals surface area contributed by atoms with Gasteiger partial charge in [-0.1, -0.05) is 19.8 Å². The summed E-state index contributed by atoms with van der Waals surface area (Å²) >= 11 is 0. The summed E-state index contributed by atoms with van der Waals surface area (Å²) in [7, 11) is 0. The van der Waals surface area contributed by atoms with Crippen LogP contribution < -0.4 is 5.73 Å². The molecule has 0 aliphatic heterocycles. The van der Waals surface area contributed by atoms with E-state index < -0.39 is 0 Å². The molecule has 1 aliphatic rings. The van der Waals surface area contributed by atoms with Gasteiger partial charge in [0, 0.05) is 18.5 Å². The summed E-state index contributed by atoms with van der Waals surface area (Å²) in [6.07, 6.45) is 6.43. The zero-order valence-corrected chi connectivity index (χ0v) is 11.1. The van der Waals surface area contributed by atoms with E-state index in [4.69, 9.17) is 5.73 Å². The highest BCUT2D eigenvalue weighted by Crippen LogP contribution is 2.33. The van der Waals surface area contributed by atoms with Crippen LogP contribution in [-0.2, 0) is 6.42 Å². The van der Waals surface area contributed by atoms with Crippen molar-refractivity contribution in [3.63, 3.8) is 0 Å². The second-order valence-electron chi connectivity index (χ2n) is 5.65. The van der Waals surface area contributed by atoms with Gasteiger partial charge in [-0.25, -0.2) is 9.67 Å². The van der Waals surface area contributed by atoms with Gasteiger partial charge in [0.25, 0.3) is 0 Å². The molecule has 2 N–H and O–H groups in total. The lowest BCUT2D eigenvalue weighted by atomic mass is 9.89. The minimum atomic E-state index is 0.231. The number of rotatable bonds is 4. The van der Waals surface area contributed by atoms with Gasteiger partial charge in [0.1, 0.15) is 12.2 Å². The van der Waals surface area contributed by atoms with Crippen LogP contribution in [0.15, 0.2) is 6.33 Å². The largest absolute Gasteiger partial charge is 0.327 e. The molecular formula is C13H24N4. The number of nitrogens with zero attached hydrogens (tertiary/aromatic N) is 3. The molecule has 96 valence electrons. The zero-order chi connectivity index (χ0) is 12.4. The van der Waals surface area contributed by atoms with Crippen molar-refractivity contribution in [1.29, 1.82) is 0 Å². The number of nitrogens with two attached hydrogens (primary N) is 1. The lowest BCUT2D eigenvalue weighted by Crippen LogP contribution is -2.34. The summed E-state index contributed by atoms with van der Waals surface area (Å²) < 4.78 is 1.99. The third-order valence-corrected chi connectivity index (χ3v) is 4.03. The smallest absolute Gasteiger partial charge is 0.138 e. The Morgan fingerprint density at radius 3 is 2.82 bits per heavy atom. The van der Waals surface area contributed by atoms with Crippen molar-refractivity contribution >= 4 is 0 Å². The molecule has 1 saturated carbocycles. The molecule has 1 fully saturated rings. The fourth-order valence-corrected chi connectivity index (χ4v) is 3.02. The molecule has 0 bridgehead atoms. The first-order chi connectivity index (χ1) is 8.09. The van der Waals surface area contributed by atoms with Gasteiger partial charge >= 0.3 is 0 Å². The zero-order valence-electron chi connectivity index (χ0n) is 11.1. The molecule has 17 heavy (non-hydrogen) atoms. The lowest BCUT2D eigenvalue weighted by Gasteiger charge is -2.23. The highest BCUT2D eigenvalue weighted by atomic mass is 15.3. The van der Waals surface area contributed by atoms with Gasteiger partial charge in [0.2, 0.25) is 0 Å². The van der Waals surface area contributed by atoms with Crippen molar-refractivity contribution in [1.82, 2.24) is 14.8 Å². The first-order valence-corrected chi connectivity index (χ1v) is 6.73. The Balaban J connectivity index is 2.02. The number of hydrogen-bond acceptors (Lipinski definition) is 3. The molecule has 1 aliphatic carbocycles. The van der Waals surface area contributed by atoms with Gasteiger partial charge in [0.05, 0.1) is 0 Å². The molecule has 4 heteroatoms. The van der Waals surface area contributed by atoms with Crippen molar-refractivity contribution in [3.8, 4) is 0 Å². The maximum atomic E-state index is 6.35. The van der Waals surface area contributed by atoms with E-state index in [0.29, 0.717) is 12.0 Å². The quantitative estimate of drug-likeness (QED) is 0.871. The van der Waals surface area contributed by atoms with Crippen LogP contribution in [-0.4, -0.2) is 20.8 Å². The maximum absolute atomic E-state index is 6.35. The molecule has 0 spiro atoms. The van der Waals surface area contributed by atoms with Gasteiger partial charge in [-0.2, -0.15) is 5.10 Å². The average molecular weight is 236 g/mol. The molecule has 1 aromatic heterocycles. The van der Waals surface area contributed by atoms with Crippen LogP contribution in [0.4, 0.5) is 0 Å². The van der Waals surface area contributed by atoms with Crippen LogP contribution in [0.2, 0.25) is 0 Å². The van der Waals surface area contributed by atoms with Crippen molar-refractivity contribution in [2.45, 2.75) is 58.5 Å². The highest BCUT2D eigenvalue weighted by Gasteiger charge is 2.29. The van der Waals surface area contributed by atoms with Crippen molar-refractivity contribution in [2.75, 3.05) is 0 Å². The first kappa shape index (κ1) is 12.6. The summed E-state index contributed by atoms with van der Waals surface area (Å²) in [5.41, 5.74) is 6.35. The predicted molar refractivity (Wildman–Crippen MR) is 68.6 cm³/mol. The third-order valence-electron chi connectivity index (χ3n) is 4.03. The second-order valence-corrected chi connectivity index (χ2v) is 5.65. The van der Waals surface area contributed by atoms with Crippen molar-refractivity contribution in [2.24, 2.45) is 17.6 Å². The topological polar surface area (TPSA) is 56.7 Å². The van der Waals surface area contributed by atoms with E-state index in [-0.39, 0.29) is 6.04 Å². The highest BCUT2D eigenvalue weighted by molar-refractivity contribution is 4.94. The van der Waals surface area contributed by atoms with Crippen LogP contribution in [0.3, 0.4) is 0 Å². The van der Waals surface area contributed by atoms with Crippen molar-refractivity contribution in [3.05, 3.63) is 12.2 Å². The van der Waals surface area contributed by atoms with Crippen LogP contribution >= 0.6 is 0 Å². The van der Waals surface area contributed by atoms with Crippen LogP contribution in [0.25, 0.3) is 0 Å². The molecule has 4 nitrogen and oxygen atoms in total. The van der Waals surface area contributed by atoms with Gasteiger partial charge in [0.15, 0.2) is 0 Å². The van der Waals surface area contributed by atoms with Crippen LogP contribution in [0.5, 0.6) is 0 Å². The summed E-state index contributed by atoms with van der Waals surface area (Å²) in [6, 6.07) is 0.593. The van der Waals surface area contributed by atoms with E-state index >= 15 is 0 Å². The predicted octanol–water partition coefficient (Wildman–Crippen LogP) is 2.17. The van der Waals surface area contributed by atoms with Crippen LogP contribution in [0.1, 0.15) is 51.9 Å². The molecular weight excluding hydrogens is 212 g/mol. The molecule has 2 rings (SSSR count). The Morgan fingerprint density at radius 2 is 2.24 bits per heavy atom. The lowest BCUT2D eigenvalue weighted by molar-refractivity contribution is 0.334. The van der Waals surface area contributed by atoms with E-state index in [1.807, 2.05) is 4.68 Å². The SMILES string of the molecule is CC1CCCC1C(N)Cc1ncnn1C(C)C. The fraction of sp³-hybridized carbons (Fsp3) is 0.846. The maximum Gasteiger partial charge on any atom is 0.138 e. The summed E-state index contributed by atoms with van der Waals surface area (Å²) in [6.45, 7) is 6.58. The second kappa shape index (κ2) is 5.17. The fourth-order valence-electron chi connectivity index (χ4n) is 3.02. The molecule has 3 unspecified atom stereocenters. The van der Waals surface area contributed by atoms with Crippen LogP contribution in [0, 0.1) is 11.8 Å². The van der Waals surface area contributed by atoms with Gasteiger partial charge in [-0.3, -0.25) is 0 Å². The molecule has 3 atom stereocenters. The molecule has 1 aromatic rings. The third kappa shape index (κ3) is 2.68. The summed E-state index contributed by atoms with van der Waals surface area (Å²) in [4.78, 5) is 4.35. The minimum absolute atomic E-state index is 0.231. The Bertz CT molecular complexity index is 358. The Hall–Kier alpha value is -0.900. The minimum Gasteiger partial charge on any atom is -0.327 e. The average Bonchev–Trinajstić information content (AvgIpc) is 2.86. The molecule has 1 heterocycles. The normalized spacial score (nSPS) is 26.6. The molecule has 0 amide bonds. The van der Waals surface area contributed by atoms with E-state index in [9.17, 15) is 0 Å². The Morgan fingerprint density at radius 1 is 1.47 bits per heavy atom. The number of hydrogen-bond donors (Lipinski definition) is 1. The van der Waals surface area contributed by atoms with Gasteiger partial charge in [-0.05, 0) is 32.1 Å².